The summed E-state index contributed by atoms with van der Waals surface area (Å²) in [6.45, 7) is 8.30. The number of likely N-dealkylation sites (N-methyl/N-ethyl adjacent to an activating group) is 1. The van der Waals surface area contributed by atoms with Gasteiger partial charge < -0.3 is 15.1 Å². The van der Waals surface area contributed by atoms with Gasteiger partial charge in [0, 0.05) is 19.6 Å². The number of benzene rings is 1. The number of likely N-dealkylation sites (tertiary alicyclic amines) is 1. The van der Waals surface area contributed by atoms with Crippen molar-refractivity contribution in [1.82, 2.24) is 15.1 Å². The lowest BCUT2D eigenvalue weighted by atomic mass is 10.0. The molecule has 1 fully saturated rings. The van der Waals surface area contributed by atoms with Crippen LogP contribution in [-0.2, 0) is 6.42 Å². The second-order valence-corrected chi connectivity index (χ2v) is 6.46. The van der Waals surface area contributed by atoms with E-state index in [4.69, 9.17) is 4.99 Å². The minimum atomic E-state index is 0. The Labute approximate surface area is 164 Å². The zero-order chi connectivity index (χ0) is 16.7. The monoisotopic (exact) mass is 444 g/mol. The molecule has 0 spiro atoms. The van der Waals surface area contributed by atoms with E-state index in [-0.39, 0.29) is 24.0 Å². The van der Waals surface area contributed by atoms with Gasteiger partial charge >= 0.3 is 0 Å². The van der Waals surface area contributed by atoms with E-state index in [2.05, 4.69) is 67.3 Å². The Morgan fingerprint density at radius 3 is 2.29 bits per heavy atom. The standard InChI is InChI=1S/C19H32N4.HI/c1-5-16-9-11-17(12-10-16)18(22(3)4)15-21-19(20-6-2)23-13-7-8-14-23;/h9-12,18H,5-8,13-15H2,1-4H3,(H,20,21);1H. The maximum atomic E-state index is 4.93. The van der Waals surface area contributed by atoms with Crippen LogP contribution in [0.15, 0.2) is 29.3 Å². The topological polar surface area (TPSA) is 30.9 Å². The highest BCUT2D eigenvalue weighted by Gasteiger charge is 2.18. The van der Waals surface area contributed by atoms with Gasteiger partial charge in [-0.1, -0.05) is 31.2 Å². The molecule has 1 aromatic rings. The van der Waals surface area contributed by atoms with Gasteiger partial charge in [-0.2, -0.15) is 0 Å². The van der Waals surface area contributed by atoms with Gasteiger partial charge in [0.15, 0.2) is 5.96 Å². The van der Waals surface area contributed by atoms with Crippen LogP contribution in [0.3, 0.4) is 0 Å². The summed E-state index contributed by atoms with van der Waals surface area (Å²) in [6.07, 6.45) is 3.64. The molecule has 5 heteroatoms. The summed E-state index contributed by atoms with van der Waals surface area (Å²) in [5.41, 5.74) is 2.73. The van der Waals surface area contributed by atoms with Crippen LogP contribution in [0, 0.1) is 0 Å². The van der Waals surface area contributed by atoms with Gasteiger partial charge in [-0.3, -0.25) is 4.99 Å². The summed E-state index contributed by atoms with van der Waals surface area (Å²) in [5, 5.41) is 3.45. The fourth-order valence-corrected chi connectivity index (χ4v) is 3.07. The molecule has 1 heterocycles. The summed E-state index contributed by atoms with van der Waals surface area (Å²) < 4.78 is 0. The number of hydrogen-bond donors (Lipinski definition) is 1. The molecule has 1 aromatic carbocycles. The number of aliphatic imine (C=N–C) groups is 1. The lowest BCUT2D eigenvalue weighted by Crippen LogP contribution is -2.40. The zero-order valence-corrected chi connectivity index (χ0v) is 17.9. The van der Waals surface area contributed by atoms with E-state index in [1.165, 1.54) is 24.0 Å². The van der Waals surface area contributed by atoms with Crippen LogP contribution in [-0.4, -0.2) is 56.0 Å². The van der Waals surface area contributed by atoms with Crippen molar-refractivity contribution in [2.24, 2.45) is 4.99 Å². The van der Waals surface area contributed by atoms with Gasteiger partial charge in [-0.25, -0.2) is 0 Å². The predicted molar refractivity (Wildman–Crippen MR) is 114 cm³/mol. The van der Waals surface area contributed by atoms with Crippen LogP contribution >= 0.6 is 24.0 Å². The SMILES string of the molecule is CCNC(=NCC(c1ccc(CC)cc1)N(C)C)N1CCCC1.I. The highest BCUT2D eigenvalue weighted by molar-refractivity contribution is 14.0. The molecule has 1 N–H and O–H groups in total. The maximum Gasteiger partial charge on any atom is 0.193 e. The Morgan fingerprint density at radius 1 is 1.17 bits per heavy atom. The quantitative estimate of drug-likeness (QED) is 0.414. The molecule has 24 heavy (non-hydrogen) atoms. The third-order valence-corrected chi connectivity index (χ3v) is 4.55. The molecular weight excluding hydrogens is 411 g/mol. The molecule has 0 radical (unpaired) electrons. The van der Waals surface area contributed by atoms with Crippen molar-refractivity contribution in [3.8, 4) is 0 Å². The Balaban J connectivity index is 0.00000288. The first-order chi connectivity index (χ1) is 11.2. The third-order valence-electron chi connectivity index (χ3n) is 4.55. The predicted octanol–water partition coefficient (Wildman–Crippen LogP) is 3.53. The van der Waals surface area contributed by atoms with Crippen molar-refractivity contribution < 1.29 is 0 Å². The lowest BCUT2D eigenvalue weighted by Gasteiger charge is -2.26. The second-order valence-electron chi connectivity index (χ2n) is 6.46. The van der Waals surface area contributed by atoms with Crippen molar-refractivity contribution in [2.75, 3.05) is 40.3 Å². The van der Waals surface area contributed by atoms with Gasteiger partial charge in [-0.15, -0.1) is 24.0 Å². The molecule has 2 rings (SSSR count). The van der Waals surface area contributed by atoms with Crippen LogP contribution in [0.25, 0.3) is 0 Å². The van der Waals surface area contributed by atoms with Crippen molar-refractivity contribution in [3.63, 3.8) is 0 Å². The number of halogens is 1. The molecule has 1 aliphatic heterocycles. The summed E-state index contributed by atoms with van der Waals surface area (Å²) in [7, 11) is 4.27. The van der Waals surface area contributed by atoms with E-state index in [9.17, 15) is 0 Å². The van der Waals surface area contributed by atoms with Crippen LogP contribution < -0.4 is 5.32 Å². The van der Waals surface area contributed by atoms with Gasteiger partial charge in [-0.05, 0) is 51.4 Å². The van der Waals surface area contributed by atoms with E-state index in [0.29, 0.717) is 6.04 Å². The highest BCUT2D eigenvalue weighted by Crippen LogP contribution is 2.20. The summed E-state index contributed by atoms with van der Waals surface area (Å²) in [4.78, 5) is 9.57. The highest BCUT2D eigenvalue weighted by atomic mass is 127. The fourth-order valence-electron chi connectivity index (χ4n) is 3.07. The molecule has 1 saturated heterocycles. The van der Waals surface area contributed by atoms with E-state index in [1.54, 1.807) is 0 Å². The van der Waals surface area contributed by atoms with Crippen LogP contribution in [0.2, 0.25) is 0 Å². The van der Waals surface area contributed by atoms with E-state index in [1.807, 2.05) is 0 Å². The van der Waals surface area contributed by atoms with Crippen molar-refractivity contribution >= 4 is 29.9 Å². The Kier molecular flexibility index (Phi) is 9.66. The second kappa shape index (κ2) is 10.9. The molecule has 1 unspecified atom stereocenters. The number of guanidine groups is 1. The van der Waals surface area contributed by atoms with E-state index < -0.39 is 0 Å². The van der Waals surface area contributed by atoms with E-state index >= 15 is 0 Å². The number of nitrogens with zero attached hydrogens (tertiary/aromatic N) is 3. The fraction of sp³-hybridized carbons (Fsp3) is 0.632. The summed E-state index contributed by atoms with van der Waals surface area (Å²) in [6, 6.07) is 9.30. The van der Waals surface area contributed by atoms with Gasteiger partial charge in [0.1, 0.15) is 0 Å². The molecular formula is C19H33IN4. The average molecular weight is 444 g/mol. The largest absolute Gasteiger partial charge is 0.357 e. The van der Waals surface area contributed by atoms with Crippen molar-refractivity contribution in [2.45, 2.75) is 39.2 Å². The molecule has 0 saturated carbocycles. The first kappa shape index (κ1) is 21.2. The average Bonchev–Trinajstić information content (AvgIpc) is 3.08. The maximum absolute atomic E-state index is 4.93. The van der Waals surface area contributed by atoms with Crippen LogP contribution in [0.4, 0.5) is 0 Å². The molecule has 4 nitrogen and oxygen atoms in total. The lowest BCUT2D eigenvalue weighted by molar-refractivity contribution is 0.305. The molecule has 136 valence electrons. The van der Waals surface area contributed by atoms with Gasteiger partial charge in [0.25, 0.3) is 0 Å². The first-order valence-corrected chi connectivity index (χ1v) is 8.94. The zero-order valence-electron chi connectivity index (χ0n) is 15.6. The van der Waals surface area contributed by atoms with Crippen LogP contribution in [0.1, 0.15) is 43.9 Å². The third kappa shape index (κ3) is 5.92. The van der Waals surface area contributed by atoms with Gasteiger partial charge in [0.05, 0.1) is 12.6 Å². The normalized spacial score (nSPS) is 16.2. The van der Waals surface area contributed by atoms with Crippen molar-refractivity contribution in [3.05, 3.63) is 35.4 Å². The van der Waals surface area contributed by atoms with E-state index in [0.717, 1.165) is 38.6 Å². The summed E-state index contributed by atoms with van der Waals surface area (Å²) in [5.74, 6) is 1.07. The van der Waals surface area contributed by atoms with Gasteiger partial charge in [0.2, 0.25) is 0 Å². The number of rotatable bonds is 6. The molecule has 1 aliphatic rings. The minimum Gasteiger partial charge on any atom is -0.357 e. The van der Waals surface area contributed by atoms with Crippen LogP contribution in [0.5, 0.6) is 0 Å². The molecule has 0 aromatic heterocycles. The molecule has 1 atom stereocenters. The molecule has 0 amide bonds. The number of aryl methyl sites for hydroxylation is 1. The minimum absolute atomic E-state index is 0. The Morgan fingerprint density at radius 2 is 1.79 bits per heavy atom. The first-order valence-electron chi connectivity index (χ1n) is 8.94. The molecule has 0 bridgehead atoms. The van der Waals surface area contributed by atoms with Crippen molar-refractivity contribution in [1.29, 1.82) is 0 Å². The number of nitrogens with one attached hydrogen (secondary N) is 1. The molecule has 0 aliphatic carbocycles. The Bertz CT molecular complexity index is 493. The smallest absolute Gasteiger partial charge is 0.193 e. The summed E-state index contributed by atoms with van der Waals surface area (Å²) >= 11 is 0. The number of hydrogen-bond acceptors (Lipinski definition) is 2. The Hall–Kier alpha value is -0.820.